The van der Waals surface area contributed by atoms with E-state index in [2.05, 4.69) is 10.3 Å². The molecular weight excluding hydrogens is 314 g/mol. The van der Waals surface area contributed by atoms with Crippen molar-refractivity contribution in [1.29, 1.82) is 0 Å². The summed E-state index contributed by atoms with van der Waals surface area (Å²) in [5.41, 5.74) is 1.50. The van der Waals surface area contributed by atoms with Crippen LogP contribution in [0.5, 0.6) is 0 Å². The van der Waals surface area contributed by atoms with Crippen LogP contribution in [-0.2, 0) is 9.59 Å². The molecule has 0 radical (unpaired) electrons. The molecule has 1 N–H and O–H groups in total. The fraction of sp³-hybridized carbons (Fsp3) is 0.150. The van der Waals surface area contributed by atoms with Crippen molar-refractivity contribution in [3.63, 3.8) is 0 Å². The maximum Gasteiger partial charge on any atom is 0.313 e. The Balaban J connectivity index is 1.80. The average molecular weight is 333 g/mol. The highest BCUT2D eigenvalue weighted by molar-refractivity contribution is 6.39. The molecule has 0 bridgehead atoms. The molecule has 0 unspecified atom stereocenters. The summed E-state index contributed by atoms with van der Waals surface area (Å²) >= 11 is 0. The molecule has 0 aliphatic rings. The van der Waals surface area contributed by atoms with Crippen LogP contribution in [0.25, 0.3) is 10.8 Å². The Kier molecular flexibility index (Phi) is 4.75. The van der Waals surface area contributed by atoms with Crippen LogP contribution < -0.4 is 5.32 Å². The van der Waals surface area contributed by atoms with Gasteiger partial charge in [0, 0.05) is 13.2 Å². The number of anilines is 1. The van der Waals surface area contributed by atoms with E-state index in [9.17, 15) is 9.59 Å². The lowest BCUT2D eigenvalue weighted by atomic mass is 9.99. The van der Waals surface area contributed by atoms with Gasteiger partial charge >= 0.3 is 11.8 Å². The number of rotatable bonds is 3. The van der Waals surface area contributed by atoms with Gasteiger partial charge in [0.1, 0.15) is 0 Å². The monoisotopic (exact) mass is 333 g/mol. The number of nitrogens with zero attached hydrogens (tertiary/aromatic N) is 2. The Labute approximate surface area is 146 Å². The highest BCUT2D eigenvalue weighted by atomic mass is 16.2. The summed E-state index contributed by atoms with van der Waals surface area (Å²) < 4.78 is 0. The number of carbonyl (C=O) groups is 2. The van der Waals surface area contributed by atoms with E-state index >= 15 is 0 Å². The second-order valence-corrected chi connectivity index (χ2v) is 5.86. The van der Waals surface area contributed by atoms with E-state index in [-0.39, 0.29) is 6.04 Å². The highest BCUT2D eigenvalue weighted by Crippen LogP contribution is 2.27. The van der Waals surface area contributed by atoms with Crippen molar-refractivity contribution in [2.75, 3.05) is 12.4 Å². The fourth-order valence-corrected chi connectivity index (χ4v) is 2.78. The summed E-state index contributed by atoms with van der Waals surface area (Å²) in [6.07, 6.45) is 3.10. The van der Waals surface area contributed by atoms with Gasteiger partial charge in [0.25, 0.3) is 0 Å². The van der Waals surface area contributed by atoms with Crippen LogP contribution in [0, 0.1) is 0 Å². The number of pyridine rings is 1. The number of fused-ring (bicyclic) bond motifs is 1. The Hall–Kier alpha value is -3.21. The summed E-state index contributed by atoms with van der Waals surface area (Å²) in [5, 5.41) is 4.75. The van der Waals surface area contributed by atoms with Gasteiger partial charge in [0.2, 0.25) is 0 Å². The van der Waals surface area contributed by atoms with Gasteiger partial charge < -0.3 is 10.2 Å². The molecule has 0 aliphatic carbocycles. The van der Waals surface area contributed by atoms with Gasteiger partial charge in [-0.05, 0) is 35.4 Å². The minimum Gasteiger partial charge on any atom is -0.331 e. The summed E-state index contributed by atoms with van der Waals surface area (Å²) in [5.74, 6) is -1.27. The predicted octanol–water partition coefficient (Wildman–Crippen LogP) is 3.39. The van der Waals surface area contributed by atoms with Crippen LogP contribution in [0.4, 0.5) is 5.69 Å². The van der Waals surface area contributed by atoms with Gasteiger partial charge in [0.05, 0.1) is 17.9 Å². The minimum atomic E-state index is -0.678. The number of benzene rings is 2. The number of hydrogen-bond acceptors (Lipinski definition) is 3. The molecule has 3 aromatic rings. The molecule has 126 valence electrons. The molecule has 3 rings (SSSR count). The van der Waals surface area contributed by atoms with Gasteiger partial charge in [-0.3, -0.25) is 14.6 Å². The largest absolute Gasteiger partial charge is 0.331 e. The van der Waals surface area contributed by atoms with Crippen molar-refractivity contribution in [3.8, 4) is 0 Å². The van der Waals surface area contributed by atoms with E-state index in [4.69, 9.17) is 0 Å². The number of aromatic nitrogens is 1. The van der Waals surface area contributed by atoms with Crippen LogP contribution in [0.15, 0.2) is 67.0 Å². The van der Waals surface area contributed by atoms with Gasteiger partial charge in [-0.1, -0.05) is 42.5 Å². The molecule has 0 spiro atoms. The summed E-state index contributed by atoms with van der Waals surface area (Å²) in [7, 11) is 1.64. The van der Waals surface area contributed by atoms with Crippen LogP contribution in [0.2, 0.25) is 0 Å². The number of nitrogens with one attached hydrogen (secondary N) is 1. The molecule has 1 aromatic heterocycles. The van der Waals surface area contributed by atoms with E-state index in [1.165, 1.54) is 11.1 Å². The first-order valence-corrected chi connectivity index (χ1v) is 8.04. The first kappa shape index (κ1) is 16.6. The van der Waals surface area contributed by atoms with Crippen LogP contribution in [0.3, 0.4) is 0 Å². The second kappa shape index (κ2) is 7.13. The minimum absolute atomic E-state index is 0.238. The number of hydrogen-bond donors (Lipinski definition) is 1. The standard InChI is InChI=1S/C20H19N3O2/c1-14(17-11-5-8-15-7-3-4-10-18(15)17)23(2)20(25)19(24)22-16-9-6-12-21-13-16/h3-14H,1-2H3,(H,22,24)/t14-/m1/s1. The lowest BCUT2D eigenvalue weighted by molar-refractivity contribution is -0.143. The van der Waals surface area contributed by atoms with Crippen molar-refractivity contribution in [2.24, 2.45) is 0 Å². The second-order valence-electron chi connectivity index (χ2n) is 5.86. The maximum absolute atomic E-state index is 12.5. The molecule has 0 saturated heterocycles. The molecule has 2 amide bonds. The Morgan fingerprint density at radius 3 is 2.56 bits per heavy atom. The van der Waals surface area contributed by atoms with E-state index in [0.717, 1.165) is 16.3 Å². The molecule has 1 heterocycles. The Bertz CT molecular complexity index is 904. The first-order chi connectivity index (χ1) is 12.1. The molecule has 5 nitrogen and oxygen atoms in total. The molecular formula is C20H19N3O2. The van der Waals surface area contributed by atoms with Gasteiger partial charge in [-0.25, -0.2) is 0 Å². The molecule has 25 heavy (non-hydrogen) atoms. The summed E-state index contributed by atoms with van der Waals surface area (Å²) in [4.78, 5) is 30.1. The Morgan fingerprint density at radius 1 is 1.04 bits per heavy atom. The zero-order valence-electron chi connectivity index (χ0n) is 14.1. The molecule has 0 fully saturated rings. The highest BCUT2D eigenvalue weighted by Gasteiger charge is 2.24. The van der Waals surface area contributed by atoms with Crippen LogP contribution in [-0.4, -0.2) is 28.7 Å². The third kappa shape index (κ3) is 3.50. The topological polar surface area (TPSA) is 62.3 Å². The van der Waals surface area contributed by atoms with Gasteiger partial charge in [0.15, 0.2) is 0 Å². The van der Waals surface area contributed by atoms with E-state index in [1.54, 1.807) is 25.4 Å². The zero-order chi connectivity index (χ0) is 17.8. The average Bonchev–Trinajstić information content (AvgIpc) is 2.66. The first-order valence-electron chi connectivity index (χ1n) is 8.04. The number of amides is 2. The van der Waals surface area contributed by atoms with E-state index in [0.29, 0.717) is 5.69 Å². The molecule has 2 aromatic carbocycles. The van der Waals surface area contributed by atoms with Gasteiger partial charge in [-0.15, -0.1) is 0 Å². The van der Waals surface area contributed by atoms with Crippen LogP contribution in [0.1, 0.15) is 18.5 Å². The molecule has 0 saturated carbocycles. The van der Waals surface area contributed by atoms with Crippen molar-refractivity contribution in [1.82, 2.24) is 9.88 Å². The van der Waals surface area contributed by atoms with E-state index < -0.39 is 11.8 Å². The summed E-state index contributed by atoms with van der Waals surface area (Å²) in [6.45, 7) is 1.91. The molecule has 1 atom stereocenters. The van der Waals surface area contributed by atoms with E-state index in [1.807, 2.05) is 49.4 Å². The lowest BCUT2D eigenvalue weighted by Gasteiger charge is -2.25. The quantitative estimate of drug-likeness (QED) is 0.747. The Morgan fingerprint density at radius 2 is 1.80 bits per heavy atom. The number of likely N-dealkylation sites (N-methyl/N-ethyl adjacent to an activating group) is 1. The predicted molar refractivity (Wildman–Crippen MR) is 98.0 cm³/mol. The summed E-state index contributed by atoms with van der Waals surface area (Å²) in [6, 6.07) is 17.1. The molecule has 0 aliphatic heterocycles. The normalized spacial score (nSPS) is 11.8. The number of carbonyl (C=O) groups excluding carboxylic acids is 2. The smallest absolute Gasteiger partial charge is 0.313 e. The SMILES string of the molecule is C[C@H](c1cccc2ccccc12)N(C)C(=O)C(=O)Nc1cccnc1. The zero-order valence-corrected chi connectivity index (χ0v) is 14.1. The van der Waals surface area contributed by atoms with Gasteiger partial charge in [-0.2, -0.15) is 0 Å². The molecule has 5 heteroatoms. The fourth-order valence-electron chi connectivity index (χ4n) is 2.78. The van der Waals surface area contributed by atoms with Crippen molar-refractivity contribution >= 4 is 28.3 Å². The van der Waals surface area contributed by atoms with Crippen molar-refractivity contribution in [3.05, 3.63) is 72.6 Å². The lowest BCUT2D eigenvalue weighted by Crippen LogP contribution is -2.38. The third-order valence-corrected chi connectivity index (χ3v) is 4.29. The third-order valence-electron chi connectivity index (χ3n) is 4.29. The maximum atomic E-state index is 12.5. The van der Waals surface area contributed by atoms with Crippen molar-refractivity contribution in [2.45, 2.75) is 13.0 Å². The van der Waals surface area contributed by atoms with Crippen LogP contribution >= 0.6 is 0 Å². The van der Waals surface area contributed by atoms with Crippen molar-refractivity contribution < 1.29 is 9.59 Å².